The number of nitrogens with zero attached hydrogens (tertiary/aromatic N) is 2. The second kappa shape index (κ2) is 7.33. The van der Waals surface area contributed by atoms with E-state index in [9.17, 15) is 9.90 Å². The number of benzene rings is 2. The van der Waals surface area contributed by atoms with Gasteiger partial charge in [0.05, 0.1) is 6.04 Å². The van der Waals surface area contributed by atoms with Gasteiger partial charge in [-0.05, 0) is 18.1 Å². The van der Waals surface area contributed by atoms with Crippen molar-refractivity contribution in [1.29, 1.82) is 0 Å². The molecule has 1 unspecified atom stereocenters. The van der Waals surface area contributed by atoms with Gasteiger partial charge in [0.25, 0.3) is 0 Å². The van der Waals surface area contributed by atoms with Crippen molar-refractivity contribution in [2.45, 2.75) is 25.4 Å². The van der Waals surface area contributed by atoms with E-state index in [1.54, 1.807) is 0 Å². The molecule has 4 nitrogen and oxygen atoms in total. The van der Waals surface area contributed by atoms with Crippen LogP contribution in [0.5, 0.6) is 0 Å². The van der Waals surface area contributed by atoms with Crippen LogP contribution in [-0.2, 0) is 11.2 Å². The van der Waals surface area contributed by atoms with Crippen molar-refractivity contribution in [3.8, 4) is 0 Å². The minimum atomic E-state index is -0.956. The molecule has 0 aliphatic rings. The van der Waals surface area contributed by atoms with Gasteiger partial charge in [0.1, 0.15) is 0 Å². The quantitative estimate of drug-likeness (QED) is 0.817. The van der Waals surface area contributed by atoms with E-state index in [1.807, 2.05) is 67.6 Å². The van der Waals surface area contributed by atoms with E-state index in [0.29, 0.717) is 6.42 Å². The molecule has 4 heteroatoms. The molecule has 21 heavy (non-hydrogen) atoms. The SMILES string of the molecule is CC(N=N[C@@H](Cc1ccccc1)C(=O)O)c1ccccc1. The van der Waals surface area contributed by atoms with Crippen LogP contribution in [0.1, 0.15) is 24.1 Å². The Hall–Kier alpha value is -2.49. The zero-order chi connectivity index (χ0) is 15.1. The van der Waals surface area contributed by atoms with E-state index < -0.39 is 12.0 Å². The summed E-state index contributed by atoms with van der Waals surface area (Å²) in [7, 11) is 0. The van der Waals surface area contributed by atoms with Crippen molar-refractivity contribution in [3.05, 3.63) is 71.8 Å². The molecule has 2 rings (SSSR count). The van der Waals surface area contributed by atoms with Crippen molar-refractivity contribution >= 4 is 5.97 Å². The maximum atomic E-state index is 11.3. The van der Waals surface area contributed by atoms with Crippen LogP contribution in [0.15, 0.2) is 70.9 Å². The Morgan fingerprint density at radius 2 is 1.57 bits per heavy atom. The molecule has 0 aromatic heterocycles. The minimum Gasteiger partial charge on any atom is -0.480 e. The standard InChI is InChI=1S/C17H18N2O2/c1-13(15-10-6-3-7-11-15)18-19-16(17(20)21)12-14-8-4-2-5-9-14/h2-11,13,16H,12H2,1H3,(H,20,21)/t13?,16-/m0/s1. The monoisotopic (exact) mass is 282 g/mol. The molecule has 0 spiro atoms. The molecule has 108 valence electrons. The van der Waals surface area contributed by atoms with Gasteiger partial charge in [0.2, 0.25) is 0 Å². The highest BCUT2D eigenvalue weighted by Gasteiger charge is 2.17. The largest absolute Gasteiger partial charge is 0.480 e. The molecule has 0 aliphatic carbocycles. The normalized spacial score (nSPS) is 14.0. The van der Waals surface area contributed by atoms with Gasteiger partial charge in [-0.1, -0.05) is 60.7 Å². The lowest BCUT2D eigenvalue weighted by Gasteiger charge is -2.09. The summed E-state index contributed by atoms with van der Waals surface area (Å²) >= 11 is 0. The van der Waals surface area contributed by atoms with E-state index in [4.69, 9.17) is 0 Å². The molecular weight excluding hydrogens is 264 g/mol. The topological polar surface area (TPSA) is 62.0 Å². The van der Waals surface area contributed by atoms with Gasteiger partial charge in [0, 0.05) is 6.42 Å². The van der Waals surface area contributed by atoms with Gasteiger partial charge in [-0.2, -0.15) is 10.2 Å². The molecule has 0 amide bonds. The van der Waals surface area contributed by atoms with Crippen molar-refractivity contribution in [3.63, 3.8) is 0 Å². The molecule has 2 aromatic rings. The Morgan fingerprint density at radius 1 is 1.00 bits per heavy atom. The first-order valence-corrected chi connectivity index (χ1v) is 6.88. The van der Waals surface area contributed by atoms with Gasteiger partial charge < -0.3 is 5.11 Å². The van der Waals surface area contributed by atoms with E-state index in [1.165, 1.54) is 0 Å². The fourth-order valence-electron chi connectivity index (χ4n) is 1.99. The Labute approximate surface area is 124 Å². The number of hydrogen-bond donors (Lipinski definition) is 1. The van der Waals surface area contributed by atoms with Crippen LogP contribution in [0.4, 0.5) is 0 Å². The predicted octanol–water partition coefficient (Wildman–Crippen LogP) is 3.90. The van der Waals surface area contributed by atoms with E-state index in [-0.39, 0.29) is 6.04 Å². The van der Waals surface area contributed by atoms with Crippen LogP contribution in [-0.4, -0.2) is 17.1 Å². The Kier molecular flexibility index (Phi) is 5.21. The maximum absolute atomic E-state index is 11.3. The number of carboxylic acid groups (broad SMARTS) is 1. The Balaban J connectivity index is 2.06. The smallest absolute Gasteiger partial charge is 0.330 e. The molecule has 0 aliphatic heterocycles. The molecule has 0 saturated heterocycles. The molecule has 0 saturated carbocycles. The van der Waals surface area contributed by atoms with Gasteiger partial charge in [-0.15, -0.1) is 0 Å². The zero-order valence-corrected chi connectivity index (χ0v) is 11.9. The summed E-state index contributed by atoms with van der Waals surface area (Å²) in [5, 5.41) is 17.4. The number of rotatable bonds is 6. The molecular formula is C17H18N2O2. The van der Waals surface area contributed by atoms with Gasteiger partial charge in [-0.3, -0.25) is 0 Å². The van der Waals surface area contributed by atoms with Gasteiger partial charge >= 0.3 is 5.97 Å². The third kappa shape index (κ3) is 4.53. The molecule has 0 heterocycles. The highest BCUT2D eigenvalue weighted by Crippen LogP contribution is 2.17. The van der Waals surface area contributed by atoms with Gasteiger partial charge in [-0.25, -0.2) is 4.79 Å². The van der Waals surface area contributed by atoms with Crippen LogP contribution in [0.25, 0.3) is 0 Å². The zero-order valence-electron chi connectivity index (χ0n) is 11.9. The molecule has 0 bridgehead atoms. The van der Waals surface area contributed by atoms with Crippen molar-refractivity contribution < 1.29 is 9.90 Å². The fourth-order valence-corrected chi connectivity index (χ4v) is 1.99. The summed E-state index contributed by atoms with van der Waals surface area (Å²) < 4.78 is 0. The summed E-state index contributed by atoms with van der Waals surface area (Å²) in [5.41, 5.74) is 1.96. The Bertz CT molecular complexity index is 597. The summed E-state index contributed by atoms with van der Waals surface area (Å²) in [6.45, 7) is 1.90. The molecule has 1 N–H and O–H groups in total. The Morgan fingerprint density at radius 3 is 2.14 bits per heavy atom. The second-order valence-electron chi connectivity index (χ2n) is 4.86. The fraction of sp³-hybridized carbons (Fsp3) is 0.235. The second-order valence-corrected chi connectivity index (χ2v) is 4.86. The third-order valence-electron chi connectivity index (χ3n) is 3.22. The molecule has 2 atom stereocenters. The van der Waals surface area contributed by atoms with Crippen LogP contribution in [0, 0.1) is 0 Å². The number of carboxylic acids is 1. The van der Waals surface area contributed by atoms with E-state index >= 15 is 0 Å². The predicted molar refractivity (Wildman–Crippen MR) is 81.3 cm³/mol. The van der Waals surface area contributed by atoms with Crippen molar-refractivity contribution in [2.75, 3.05) is 0 Å². The maximum Gasteiger partial charge on any atom is 0.330 e. The lowest BCUT2D eigenvalue weighted by atomic mass is 10.1. The lowest BCUT2D eigenvalue weighted by molar-refractivity contribution is -0.138. The molecule has 2 aromatic carbocycles. The summed E-state index contributed by atoms with van der Waals surface area (Å²) in [4.78, 5) is 11.3. The van der Waals surface area contributed by atoms with Crippen LogP contribution < -0.4 is 0 Å². The number of carbonyl (C=O) groups is 1. The average Bonchev–Trinajstić information content (AvgIpc) is 2.52. The number of hydrogen-bond acceptors (Lipinski definition) is 3. The highest BCUT2D eigenvalue weighted by molar-refractivity contribution is 5.74. The first-order valence-electron chi connectivity index (χ1n) is 6.88. The first kappa shape index (κ1) is 14.9. The van der Waals surface area contributed by atoms with E-state index in [2.05, 4.69) is 10.2 Å². The summed E-state index contributed by atoms with van der Waals surface area (Å²) in [6, 6.07) is 18.2. The molecule has 0 radical (unpaired) electrons. The lowest BCUT2D eigenvalue weighted by Crippen LogP contribution is -2.20. The first-order chi connectivity index (χ1) is 10.2. The molecule has 0 fully saturated rings. The van der Waals surface area contributed by atoms with Crippen molar-refractivity contribution in [1.82, 2.24) is 0 Å². The summed E-state index contributed by atoms with van der Waals surface area (Å²) in [6.07, 6.45) is 0.348. The third-order valence-corrected chi connectivity index (χ3v) is 3.22. The van der Waals surface area contributed by atoms with Gasteiger partial charge in [0.15, 0.2) is 6.04 Å². The van der Waals surface area contributed by atoms with Crippen LogP contribution >= 0.6 is 0 Å². The summed E-state index contributed by atoms with van der Waals surface area (Å²) in [5.74, 6) is -0.956. The van der Waals surface area contributed by atoms with E-state index in [0.717, 1.165) is 11.1 Å². The number of aliphatic carboxylic acids is 1. The highest BCUT2D eigenvalue weighted by atomic mass is 16.4. The van der Waals surface area contributed by atoms with Crippen LogP contribution in [0.3, 0.4) is 0 Å². The number of azo groups is 1. The van der Waals surface area contributed by atoms with Crippen molar-refractivity contribution in [2.24, 2.45) is 10.2 Å². The minimum absolute atomic E-state index is 0.149. The van der Waals surface area contributed by atoms with Crippen LogP contribution in [0.2, 0.25) is 0 Å². The average molecular weight is 282 g/mol.